The van der Waals surface area contributed by atoms with Crippen LogP contribution in [0.2, 0.25) is 0 Å². The number of sulfonamides is 1. The summed E-state index contributed by atoms with van der Waals surface area (Å²) in [4.78, 5) is 14.6. The molecule has 0 aliphatic carbocycles. The normalized spacial score (nSPS) is 13.8. The van der Waals surface area contributed by atoms with Gasteiger partial charge < -0.3 is 19.7 Å². The lowest BCUT2D eigenvalue weighted by molar-refractivity contribution is 0.0942. The van der Waals surface area contributed by atoms with E-state index < -0.39 is 10.0 Å². The minimum atomic E-state index is -3.87. The number of hydrogen-bond acceptors (Lipinski definition) is 6. The van der Waals surface area contributed by atoms with Crippen molar-refractivity contribution < 1.29 is 27.1 Å². The van der Waals surface area contributed by atoms with E-state index in [0.717, 1.165) is 5.56 Å². The molecule has 1 amide bonds. The van der Waals surface area contributed by atoms with Crippen LogP contribution in [0.4, 0.5) is 10.1 Å². The van der Waals surface area contributed by atoms with Crippen LogP contribution in [0.3, 0.4) is 0 Å². The molecule has 0 unspecified atom stereocenters. The van der Waals surface area contributed by atoms with E-state index in [1.54, 1.807) is 12.1 Å². The van der Waals surface area contributed by atoms with Crippen LogP contribution in [0.1, 0.15) is 22.0 Å². The Morgan fingerprint density at radius 2 is 1.71 bits per heavy atom. The van der Waals surface area contributed by atoms with Gasteiger partial charge in [-0.05, 0) is 68.2 Å². The quantitative estimate of drug-likeness (QED) is 0.493. The van der Waals surface area contributed by atoms with Gasteiger partial charge in [0.15, 0.2) is 11.5 Å². The van der Waals surface area contributed by atoms with Gasteiger partial charge in [0, 0.05) is 23.9 Å². The number of nitrogens with one attached hydrogen (secondary N) is 2. The van der Waals surface area contributed by atoms with Crippen LogP contribution in [-0.4, -0.2) is 53.1 Å². The molecular weight excluding hydrogens is 473 g/mol. The first-order valence-corrected chi connectivity index (χ1v) is 12.4. The number of halogens is 1. The maximum absolute atomic E-state index is 13.6. The summed E-state index contributed by atoms with van der Waals surface area (Å²) in [6.07, 6.45) is 0. The number of benzene rings is 3. The Kier molecular flexibility index (Phi) is 7.23. The third-order valence-electron chi connectivity index (χ3n) is 5.54. The Bertz CT molecular complexity index is 1310. The monoisotopic (exact) mass is 499 g/mol. The summed E-state index contributed by atoms with van der Waals surface area (Å²) in [5.41, 5.74) is 1.42. The van der Waals surface area contributed by atoms with Crippen molar-refractivity contribution in [3.8, 4) is 11.5 Å². The number of carbonyl (C=O) groups excluding carboxylic acids is 1. The molecule has 4 rings (SSSR count). The zero-order chi connectivity index (χ0) is 25.0. The average Bonchev–Trinajstić information content (AvgIpc) is 2.84. The molecule has 0 radical (unpaired) electrons. The highest BCUT2D eigenvalue weighted by Gasteiger charge is 2.20. The summed E-state index contributed by atoms with van der Waals surface area (Å²) in [5.74, 6) is 0.212. The summed E-state index contributed by atoms with van der Waals surface area (Å²) < 4.78 is 52.6. The van der Waals surface area contributed by atoms with E-state index in [4.69, 9.17) is 9.47 Å². The molecular formula is C25H26FN3O5S. The Balaban J connectivity index is 1.40. The Hall–Kier alpha value is -3.63. The maximum Gasteiger partial charge on any atom is 0.262 e. The average molecular weight is 500 g/mol. The van der Waals surface area contributed by atoms with E-state index in [-0.39, 0.29) is 29.2 Å². The van der Waals surface area contributed by atoms with Crippen molar-refractivity contribution in [1.29, 1.82) is 0 Å². The summed E-state index contributed by atoms with van der Waals surface area (Å²) in [5, 5.41) is 2.85. The molecule has 0 aromatic heterocycles. The molecule has 1 heterocycles. The lowest BCUT2D eigenvalue weighted by Crippen LogP contribution is -2.34. The summed E-state index contributed by atoms with van der Waals surface area (Å²) >= 11 is 0. The van der Waals surface area contributed by atoms with Crippen molar-refractivity contribution in [2.45, 2.75) is 10.9 Å². The first-order chi connectivity index (χ1) is 16.7. The Morgan fingerprint density at radius 1 is 1.00 bits per heavy atom. The van der Waals surface area contributed by atoms with Gasteiger partial charge in [-0.1, -0.05) is 12.1 Å². The lowest BCUT2D eigenvalue weighted by atomic mass is 10.1. The third-order valence-corrected chi connectivity index (χ3v) is 6.91. The first kappa shape index (κ1) is 24.5. The van der Waals surface area contributed by atoms with Gasteiger partial charge in [0.2, 0.25) is 0 Å². The van der Waals surface area contributed by atoms with Crippen molar-refractivity contribution in [2.24, 2.45) is 0 Å². The highest BCUT2D eigenvalue weighted by molar-refractivity contribution is 7.92. The number of fused-ring (bicyclic) bond motifs is 1. The molecule has 1 aliphatic heterocycles. The van der Waals surface area contributed by atoms with Crippen LogP contribution in [0.25, 0.3) is 0 Å². The molecule has 0 spiro atoms. The molecule has 35 heavy (non-hydrogen) atoms. The maximum atomic E-state index is 13.6. The van der Waals surface area contributed by atoms with Gasteiger partial charge in [0.25, 0.3) is 15.9 Å². The number of carbonyl (C=O) groups is 1. The van der Waals surface area contributed by atoms with Gasteiger partial charge in [-0.2, -0.15) is 0 Å². The van der Waals surface area contributed by atoms with Gasteiger partial charge in [-0.3, -0.25) is 9.52 Å². The summed E-state index contributed by atoms with van der Waals surface area (Å²) in [7, 11) is -0.164. The van der Waals surface area contributed by atoms with Crippen LogP contribution < -0.4 is 19.5 Å². The lowest BCUT2D eigenvalue weighted by Gasteiger charge is -2.25. The van der Waals surface area contributed by atoms with E-state index in [1.807, 2.05) is 25.1 Å². The highest BCUT2D eigenvalue weighted by Crippen LogP contribution is 2.32. The predicted molar refractivity (Wildman–Crippen MR) is 130 cm³/mol. The van der Waals surface area contributed by atoms with E-state index in [1.165, 1.54) is 48.5 Å². The van der Waals surface area contributed by atoms with Crippen LogP contribution >= 0.6 is 0 Å². The Morgan fingerprint density at radius 3 is 2.40 bits per heavy atom. The van der Waals surface area contributed by atoms with E-state index in [2.05, 4.69) is 10.0 Å². The number of nitrogens with zero attached hydrogens (tertiary/aromatic N) is 1. The Labute approximate surface area is 203 Å². The van der Waals surface area contributed by atoms with Gasteiger partial charge in [-0.25, -0.2) is 12.8 Å². The number of likely N-dealkylation sites (N-methyl/N-ethyl adjacent to an activating group) is 1. The van der Waals surface area contributed by atoms with Gasteiger partial charge >= 0.3 is 0 Å². The van der Waals surface area contributed by atoms with Crippen LogP contribution in [0, 0.1) is 5.82 Å². The fourth-order valence-electron chi connectivity index (χ4n) is 3.70. The smallest absolute Gasteiger partial charge is 0.262 e. The molecule has 184 valence electrons. The van der Waals surface area contributed by atoms with Crippen molar-refractivity contribution in [1.82, 2.24) is 10.2 Å². The molecule has 3 aromatic carbocycles. The highest BCUT2D eigenvalue weighted by atomic mass is 32.2. The van der Waals surface area contributed by atoms with Crippen molar-refractivity contribution in [2.75, 3.05) is 38.6 Å². The van der Waals surface area contributed by atoms with E-state index in [9.17, 15) is 17.6 Å². The number of hydrogen-bond donors (Lipinski definition) is 2. The van der Waals surface area contributed by atoms with Gasteiger partial charge in [0.05, 0.1) is 10.9 Å². The number of rotatable bonds is 8. The molecule has 0 bridgehead atoms. The minimum absolute atomic E-state index is 0.0376. The molecule has 3 aromatic rings. The fraction of sp³-hybridized carbons (Fsp3) is 0.240. The van der Waals surface area contributed by atoms with Gasteiger partial charge in [0.1, 0.15) is 19.0 Å². The molecule has 2 N–H and O–H groups in total. The zero-order valence-corrected chi connectivity index (χ0v) is 20.1. The van der Waals surface area contributed by atoms with E-state index >= 15 is 0 Å². The number of amides is 1. The first-order valence-electron chi connectivity index (χ1n) is 11.0. The SMILES string of the molecule is CN(C)[C@H](CNC(=O)c1ccc(NS(=O)(=O)c2ccc3c(c2)OCCO3)cc1)c1cccc(F)c1. The van der Waals surface area contributed by atoms with Crippen molar-refractivity contribution >= 4 is 21.6 Å². The molecule has 8 nitrogen and oxygen atoms in total. The molecule has 0 saturated heterocycles. The van der Waals surface area contributed by atoms with Crippen molar-refractivity contribution in [3.63, 3.8) is 0 Å². The second kappa shape index (κ2) is 10.3. The molecule has 1 atom stereocenters. The van der Waals surface area contributed by atoms with E-state index in [0.29, 0.717) is 36.0 Å². The van der Waals surface area contributed by atoms with Crippen LogP contribution in [0.5, 0.6) is 11.5 Å². The molecule has 10 heteroatoms. The minimum Gasteiger partial charge on any atom is -0.486 e. The standard InChI is InChI=1S/C25H26FN3O5S/c1-29(2)22(18-4-3-5-19(26)14-18)16-27-25(30)17-6-8-20(9-7-17)28-35(31,32)21-10-11-23-24(15-21)34-13-12-33-23/h3-11,14-15,22,28H,12-13,16H2,1-2H3,(H,27,30)/t22-/m1/s1. The number of ether oxygens (including phenoxy) is 2. The zero-order valence-electron chi connectivity index (χ0n) is 19.3. The summed E-state index contributed by atoms with van der Waals surface area (Å²) in [6.45, 7) is 1.04. The third kappa shape index (κ3) is 5.90. The second-order valence-corrected chi connectivity index (χ2v) is 9.92. The topological polar surface area (TPSA) is 97.0 Å². The predicted octanol–water partition coefficient (Wildman–Crippen LogP) is 3.43. The van der Waals surface area contributed by atoms with Crippen molar-refractivity contribution in [3.05, 3.63) is 83.7 Å². The molecule has 1 aliphatic rings. The fourth-order valence-corrected chi connectivity index (χ4v) is 4.77. The largest absolute Gasteiger partial charge is 0.486 e. The molecule has 0 fully saturated rings. The van der Waals surface area contributed by atoms with Crippen LogP contribution in [-0.2, 0) is 10.0 Å². The van der Waals surface area contributed by atoms with Gasteiger partial charge in [-0.15, -0.1) is 0 Å². The second-order valence-electron chi connectivity index (χ2n) is 8.23. The van der Waals surface area contributed by atoms with Crippen LogP contribution in [0.15, 0.2) is 71.6 Å². The summed E-state index contributed by atoms with van der Waals surface area (Å²) in [6, 6.07) is 16.5. The molecule has 0 saturated carbocycles. The number of anilines is 1.